The van der Waals surface area contributed by atoms with Crippen molar-refractivity contribution in [3.05, 3.63) is 0 Å². The van der Waals surface area contributed by atoms with Crippen molar-refractivity contribution in [2.24, 2.45) is 0 Å². The Labute approximate surface area is 71.9 Å². The van der Waals surface area contributed by atoms with E-state index in [1.165, 1.54) is 0 Å². The van der Waals surface area contributed by atoms with Crippen molar-refractivity contribution in [2.75, 3.05) is 19.6 Å². The van der Waals surface area contributed by atoms with Gasteiger partial charge in [0.1, 0.15) is 6.10 Å². The molecule has 1 N–H and O–H groups in total. The molecule has 4 nitrogen and oxygen atoms in total. The largest absolute Gasteiger partial charge is 0.444 e. The monoisotopic (exact) mass is 170 g/mol. The van der Waals surface area contributed by atoms with Gasteiger partial charge in [-0.15, -0.1) is 0 Å². The fourth-order valence-electron chi connectivity index (χ4n) is 1.83. The summed E-state index contributed by atoms with van der Waals surface area (Å²) in [6.45, 7) is 4.62. The molecule has 0 bridgehead atoms. The first kappa shape index (κ1) is 7.86. The van der Waals surface area contributed by atoms with Crippen LogP contribution in [0.15, 0.2) is 0 Å². The third kappa shape index (κ3) is 1.27. The van der Waals surface area contributed by atoms with Gasteiger partial charge in [-0.2, -0.15) is 0 Å². The Hall–Kier alpha value is -0.770. The molecule has 12 heavy (non-hydrogen) atoms. The maximum Gasteiger partial charge on any atom is 0.410 e. The Bertz CT molecular complexity index is 189. The summed E-state index contributed by atoms with van der Waals surface area (Å²) in [6, 6.07) is 0.363. The zero-order valence-electron chi connectivity index (χ0n) is 7.25. The highest BCUT2D eigenvalue weighted by Gasteiger charge is 2.34. The first-order valence-corrected chi connectivity index (χ1v) is 4.45. The van der Waals surface area contributed by atoms with Crippen molar-refractivity contribution in [3.8, 4) is 0 Å². The summed E-state index contributed by atoms with van der Waals surface area (Å²) in [5, 5.41) is 3.24. The van der Waals surface area contributed by atoms with Gasteiger partial charge >= 0.3 is 6.09 Å². The van der Waals surface area contributed by atoms with Crippen LogP contribution in [-0.2, 0) is 4.74 Å². The smallest absolute Gasteiger partial charge is 0.410 e. The number of hydrogen-bond acceptors (Lipinski definition) is 3. The Kier molecular flexibility index (Phi) is 1.92. The van der Waals surface area contributed by atoms with E-state index in [1.54, 1.807) is 0 Å². The molecule has 0 aromatic heterocycles. The third-order valence-electron chi connectivity index (χ3n) is 2.47. The van der Waals surface area contributed by atoms with Gasteiger partial charge in [-0.05, 0) is 19.9 Å². The predicted molar refractivity (Wildman–Crippen MR) is 43.9 cm³/mol. The van der Waals surface area contributed by atoms with Gasteiger partial charge in [0.2, 0.25) is 0 Å². The number of carbonyl (C=O) groups excluding carboxylic acids is 1. The van der Waals surface area contributed by atoms with Crippen molar-refractivity contribution < 1.29 is 9.53 Å². The van der Waals surface area contributed by atoms with Crippen LogP contribution >= 0.6 is 0 Å². The molecule has 1 unspecified atom stereocenters. The summed E-state index contributed by atoms with van der Waals surface area (Å²) in [5.41, 5.74) is 0. The van der Waals surface area contributed by atoms with Gasteiger partial charge < -0.3 is 15.0 Å². The van der Waals surface area contributed by atoms with Crippen molar-refractivity contribution >= 4 is 6.09 Å². The van der Waals surface area contributed by atoms with Gasteiger partial charge in [0.05, 0.1) is 6.54 Å². The van der Waals surface area contributed by atoms with E-state index in [0.29, 0.717) is 6.04 Å². The fraction of sp³-hybridized carbons (Fsp3) is 0.875. The maximum atomic E-state index is 11.2. The lowest BCUT2D eigenvalue weighted by molar-refractivity contribution is 0.134. The van der Waals surface area contributed by atoms with Gasteiger partial charge in [0.25, 0.3) is 0 Å². The van der Waals surface area contributed by atoms with E-state index in [2.05, 4.69) is 5.32 Å². The fourth-order valence-corrected chi connectivity index (χ4v) is 1.83. The van der Waals surface area contributed by atoms with Gasteiger partial charge in [-0.1, -0.05) is 0 Å². The van der Waals surface area contributed by atoms with E-state index in [4.69, 9.17) is 4.74 Å². The Morgan fingerprint density at radius 1 is 1.67 bits per heavy atom. The van der Waals surface area contributed by atoms with Crippen LogP contribution < -0.4 is 5.32 Å². The van der Waals surface area contributed by atoms with Crippen LogP contribution in [0, 0.1) is 0 Å². The molecule has 2 aliphatic heterocycles. The van der Waals surface area contributed by atoms with Crippen LogP contribution in [0.25, 0.3) is 0 Å². The zero-order chi connectivity index (χ0) is 8.55. The number of rotatable bonds is 1. The molecule has 1 amide bonds. The van der Waals surface area contributed by atoms with E-state index in [9.17, 15) is 4.79 Å². The molecule has 0 aliphatic carbocycles. The van der Waals surface area contributed by atoms with Gasteiger partial charge in [-0.3, -0.25) is 0 Å². The van der Waals surface area contributed by atoms with E-state index < -0.39 is 0 Å². The minimum Gasteiger partial charge on any atom is -0.444 e. The Morgan fingerprint density at radius 3 is 3.00 bits per heavy atom. The van der Waals surface area contributed by atoms with Crippen LogP contribution in [0.5, 0.6) is 0 Å². The Balaban J connectivity index is 1.98. The summed E-state index contributed by atoms with van der Waals surface area (Å²) in [5.74, 6) is 0. The third-order valence-corrected chi connectivity index (χ3v) is 2.47. The van der Waals surface area contributed by atoms with Gasteiger partial charge in [0, 0.05) is 12.6 Å². The number of amides is 1. The quantitative estimate of drug-likeness (QED) is 0.610. The lowest BCUT2D eigenvalue weighted by atomic mass is 10.2. The van der Waals surface area contributed by atoms with Crippen LogP contribution in [-0.4, -0.2) is 42.8 Å². The highest BCUT2D eigenvalue weighted by Crippen LogP contribution is 2.17. The lowest BCUT2D eigenvalue weighted by Gasteiger charge is -2.19. The molecule has 2 heterocycles. The molecule has 0 spiro atoms. The number of cyclic esters (lactones) is 1. The summed E-state index contributed by atoms with van der Waals surface area (Å²) >= 11 is 0. The van der Waals surface area contributed by atoms with Gasteiger partial charge in [-0.25, -0.2) is 4.79 Å². The molecule has 2 aliphatic rings. The maximum absolute atomic E-state index is 11.2. The molecule has 2 rings (SSSR count). The first-order valence-electron chi connectivity index (χ1n) is 4.45. The highest BCUT2D eigenvalue weighted by atomic mass is 16.6. The molecule has 0 aromatic rings. The second kappa shape index (κ2) is 2.94. The minimum atomic E-state index is -0.142. The number of nitrogens with one attached hydrogen (secondary N) is 1. The first-order chi connectivity index (χ1) is 5.77. The van der Waals surface area contributed by atoms with Crippen molar-refractivity contribution in [1.82, 2.24) is 10.2 Å². The number of nitrogens with zero attached hydrogens (tertiary/aromatic N) is 1. The molecule has 68 valence electrons. The second-order valence-corrected chi connectivity index (χ2v) is 3.49. The molecular formula is C8H14N2O2. The van der Waals surface area contributed by atoms with E-state index in [-0.39, 0.29) is 12.2 Å². The number of carbonyl (C=O) groups is 1. The van der Waals surface area contributed by atoms with Crippen LogP contribution in [0.1, 0.15) is 13.3 Å². The van der Waals surface area contributed by atoms with Crippen molar-refractivity contribution in [3.63, 3.8) is 0 Å². The summed E-state index contributed by atoms with van der Waals surface area (Å²) in [7, 11) is 0. The standard InChI is InChI=1S/C8H14N2O2/c1-6-5-10(8(11)12-6)7-2-3-9-4-7/h6-7,9H,2-5H2,1H3/t6?,7-/m0/s1. The average molecular weight is 170 g/mol. The zero-order valence-corrected chi connectivity index (χ0v) is 7.25. The molecule has 2 atom stereocenters. The topological polar surface area (TPSA) is 41.6 Å². The average Bonchev–Trinajstić information content (AvgIpc) is 2.58. The van der Waals surface area contributed by atoms with Crippen molar-refractivity contribution in [1.29, 1.82) is 0 Å². The molecule has 2 saturated heterocycles. The van der Waals surface area contributed by atoms with E-state index >= 15 is 0 Å². The minimum absolute atomic E-state index is 0.0677. The summed E-state index contributed by atoms with van der Waals surface area (Å²) in [4.78, 5) is 13.1. The van der Waals surface area contributed by atoms with Crippen molar-refractivity contribution in [2.45, 2.75) is 25.5 Å². The molecular weight excluding hydrogens is 156 g/mol. The van der Waals surface area contributed by atoms with Crippen LogP contribution in [0.3, 0.4) is 0 Å². The molecule has 0 aromatic carbocycles. The van der Waals surface area contributed by atoms with Gasteiger partial charge in [0.15, 0.2) is 0 Å². The van der Waals surface area contributed by atoms with E-state index in [1.807, 2.05) is 11.8 Å². The molecule has 0 saturated carbocycles. The molecule has 2 fully saturated rings. The second-order valence-electron chi connectivity index (χ2n) is 3.49. The Morgan fingerprint density at radius 2 is 2.50 bits per heavy atom. The lowest BCUT2D eigenvalue weighted by Crippen LogP contribution is -2.37. The molecule has 0 radical (unpaired) electrons. The number of hydrogen-bond donors (Lipinski definition) is 1. The molecule has 4 heteroatoms. The highest BCUT2D eigenvalue weighted by molar-refractivity contribution is 5.70. The van der Waals surface area contributed by atoms with E-state index in [0.717, 1.165) is 26.1 Å². The summed E-state index contributed by atoms with van der Waals surface area (Å²) < 4.78 is 5.05. The predicted octanol–water partition coefficient (Wildman–Crippen LogP) is 0.189. The summed E-state index contributed by atoms with van der Waals surface area (Å²) in [6.07, 6.45) is 0.983. The van der Waals surface area contributed by atoms with Crippen LogP contribution in [0.4, 0.5) is 4.79 Å². The number of ether oxygens (including phenoxy) is 1. The SMILES string of the molecule is CC1CN([C@H]2CCNC2)C(=O)O1. The normalized spacial score (nSPS) is 35.8. The van der Waals surface area contributed by atoms with Crippen LogP contribution in [0.2, 0.25) is 0 Å².